The zero-order valence-electron chi connectivity index (χ0n) is 16.7. The van der Waals surface area contributed by atoms with Crippen LogP contribution in [0.2, 0.25) is 0 Å². The first-order valence-corrected chi connectivity index (χ1v) is 9.85. The van der Waals surface area contributed by atoms with Crippen molar-refractivity contribution in [2.75, 3.05) is 38.2 Å². The fraction of sp³-hybridized carbons (Fsp3) is 0.450. The number of carbonyl (C=O) groups excluding carboxylic acids is 1. The van der Waals surface area contributed by atoms with Gasteiger partial charge >= 0.3 is 6.03 Å². The Labute approximate surface area is 169 Å². The number of carbonyl (C=O) groups is 1. The minimum atomic E-state index is -0.374. The number of hydrogen-bond donors (Lipinski definition) is 2. The molecule has 1 aromatic carbocycles. The van der Waals surface area contributed by atoms with E-state index in [1.54, 1.807) is 13.8 Å². The fourth-order valence-corrected chi connectivity index (χ4v) is 3.46. The second-order valence-corrected chi connectivity index (χ2v) is 7.24. The third-order valence-electron chi connectivity index (χ3n) is 5.05. The van der Waals surface area contributed by atoms with E-state index in [1.165, 1.54) is 0 Å². The minimum Gasteiger partial charge on any atom is -0.379 e. The minimum absolute atomic E-state index is 0.320. The maximum atomic E-state index is 12.3. The highest BCUT2D eigenvalue weighted by atomic mass is 16.5. The van der Waals surface area contributed by atoms with Crippen molar-refractivity contribution in [3.8, 4) is 0 Å². The number of morpholine rings is 1. The van der Waals surface area contributed by atoms with Gasteiger partial charge in [0.1, 0.15) is 6.04 Å². The number of nitrogens with one attached hydrogen (secondary N) is 2. The first-order valence-electron chi connectivity index (χ1n) is 9.85. The largest absolute Gasteiger partial charge is 0.379 e. The second kappa shape index (κ2) is 8.62. The monoisotopic (exact) mass is 398 g/mol. The third-order valence-corrected chi connectivity index (χ3v) is 5.05. The molecular weight excluding hydrogens is 372 g/mol. The molecule has 0 aliphatic carbocycles. The SMILES string of the molecule is Cc1noc(C(C)NC(=O)Nc2ccc3c(ccn3CCN3CCOCC3)c2)n1. The summed E-state index contributed by atoms with van der Waals surface area (Å²) in [6.45, 7) is 9.07. The van der Waals surface area contributed by atoms with Crippen molar-refractivity contribution in [1.29, 1.82) is 0 Å². The summed E-state index contributed by atoms with van der Waals surface area (Å²) in [6, 6.07) is 7.30. The Morgan fingerprint density at radius 3 is 2.83 bits per heavy atom. The quantitative estimate of drug-likeness (QED) is 0.662. The fourth-order valence-electron chi connectivity index (χ4n) is 3.46. The topological polar surface area (TPSA) is 97.5 Å². The van der Waals surface area contributed by atoms with Crippen LogP contribution in [0.4, 0.5) is 10.5 Å². The molecule has 9 heteroatoms. The number of hydrogen-bond acceptors (Lipinski definition) is 6. The van der Waals surface area contributed by atoms with Crippen molar-refractivity contribution in [2.24, 2.45) is 0 Å². The molecule has 0 radical (unpaired) electrons. The van der Waals surface area contributed by atoms with Gasteiger partial charge < -0.3 is 24.5 Å². The van der Waals surface area contributed by atoms with Gasteiger partial charge in [-0.15, -0.1) is 0 Å². The Kier molecular flexibility index (Phi) is 5.77. The van der Waals surface area contributed by atoms with Gasteiger partial charge in [0.2, 0.25) is 5.89 Å². The lowest BCUT2D eigenvalue weighted by Crippen LogP contribution is -2.38. The van der Waals surface area contributed by atoms with E-state index in [9.17, 15) is 4.79 Å². The lowest BCUT2D eigenvalue weighted by atomic mass is 10.2. The van der Waals surface area contributed by atoms with Gasteiger partial charge in [-0.05, 0) is 38.1 Å². The van der Waals surface area contributed by atoms with E-state index in [2.05, 4.69) is 42.5 Å². The maximum Gasteiger partial charge on any atom is 0.319 e. The van der Waals surface area contributed by atoms with Crippen LogP contribution < -0.4 is 10.6 Å². The molecule has 0 bridgehead atoms. The van der Waals surface area contributed by atoms with Crippen molar-refractivity contribution >= 4 is 22.6 Å². The van der Waals surface area contributed by atoms with Crippen LogP contribution in [-0.4, -0.2) is 58.5 Å². The number of urea groups is 1. The van der Waals surface area contributed by atoms with Crippen molar-refractivity contribution < 1.29 is 14.1 Å². The molecule has 4 rings (SSSR count). The highest BCUT2D eigenvalue weighted by Gasteiger charge is 2.16. The lowest BCUT2D eigenvalue weighted by Gasteiger charge is -2.26. The molecule has 9 nitrogen and oxygen atoms in total. The first kappa shape index (κ1) is 19.4. The molecule has 3 aromatic rings. The predicted molar refractivity (Wildman–Crippen MR) is 109 cm³/mol. The molecule has 0 saturated carbocycles. The molecule has 3 heterocycles. The van der Waals surface area contributed by atoms with E-state index in [1.807, 2.05) is 18.2 Å². The van der Waals surface area contributed by atoms with Crippen LogP contribution in [0, 0.1) is 6.92 Å². The van der Waals surface area contributed by atoms with Gasteiger partial charge in [-0.3, -0.25) is 4.90 Å². The van der Waals surface area contributed by atoms with Gasteiger partial charge in [0, 0.05) is 49.0 Å². The summed E-state index contributed by atoms with van der Waals surface area (Å²) in [7, 11) is 0. The average Bonchev–Trinajstić information content (AvgIpc) is 3.33. The van der Waals surface area contributed by atoms with Crippen molar-refractivity contribution in [1.82, 2.24) is 24.9 Å². The Morgan fingerprint density at radius 2 is 2.07 bits per heavy atom. The number of nitrogens with zero attached hydrogens (tertiary/aromatic N) is 4. The summed E-state index contributed by atoms with van der Waals surface area (Å²) in [5, 5.41) is 10.5. The van der Waals surface area contributed by atoms with E-state index in [4.69, 9.17) is 9.26 Å². The van der Waals surface area contributed by atoms with Crippen LogP contribution in [0.15, 0.2) is 35.0 Å². The second-order valence-electron chi connectivity index (χ2n) is 7.24. The normalized spacial score (nSPS) is 16.1. The summed E-state index contributed by atoms with van der Waals surface area (Å²) in [5.41, 5.74) is 1.88. The van der Waals surface area contributed by atoms with E-state index in [0.717, 1.165) is 56.0 Å². The van der Waals surface area contributed by atoms with Gasteiger partial charge in [-0.25, -0.2) is 4.79 Å². The van der Waals surface area contributed by atoms with Gasteiger partial charge in [0.05, 0.1) is 13.2 Å². The summed E-state index contributed by atoms with van der Waals surface area (Å²) < 4.78 is 12.7. The van der Waals surface area contributed by atoms with Gasteiger partial charge in [0.25, 0.3) is 0 Å². The lowest BCUT2D eigenvalue weighted by molar-refractivity contribution is 0.0365. The molecule has 1 unspecified atom stereocenters. The summed E-state index contributed by atoms with van der Waals surface area (Å²) in [6.07, 6.45) is 2.09. The van der Waals surface area contributed by atoms with Crippen LogP contribution in [0.25, 0.3) is 10.9 Å². The van der Waals surface area contributed by atoms with E-state index in [0.29, 0.717) is 11.7 Å². The highest BCUT2D eigenvalue weighted by Crippen LogP contribution is 2.21. The Balaban J connectivity index is 1.35. The Morgan fingerprint density at radius 1 is 1.24 bits per heavy atom. The van der Waals surface area contributed by atoms with Crippen LogP contribution in [0.3, 0.4) is 0 Å². The van der Waals surface area contributed by atoms with E-state index in [-0.39, 0.29) is 12.1 Å². The third kappa shape index (κ3) is 4.75. The number of aryl methyl sites for hydroxylation is 1. The van der Waals surface area contributed by atoms with Crippen molar-refractivity contribution in [2.45, 2.75) is 26.4 Å². The van der Waals surface area contributed by atoms with Crippen LogP contribution in [0.1, 0.15) is 24.7 Å². The molecule has 2 N–H and O–H groups in total. The molecule has 1 saturated heterocycles. The number of aromatic nitrogens is 3. The standard InChI is InChI=1S/C20H26N6O3/c1-14(19-22-15(2)24-29-19)21-20(27)23-17-3-4-18-16(13-17)5-6-26(18)8-7-25-9-11-28-12-10-25/h3-6,13-14H,7-12H2,1-2H3,(H2,21,23,27). The number of ether oxygens (including phenoxy) is 1. The summed E-state index contributed by atoms with van der Waals surface area (Å²) in [5.74, 6) is 0.920. The van der Waals surface area contributed by atoms with Crippen molar-refractivity contribution in [3.63, 3.8) is 0 Å². The number of benzene rings is 1. The van der Waals surface area contributed by atoms with Crippen LogP contribution in [0.5, 0.6) is 0 Å². The Hall–Kier alpha value is -2.91. The molecule has 1 atom stereocenters. The molecule has 154 valence electrons. The van der Waals surface area contributed by atoms with Gasteiger partial charge in [-0.1, -0.05) is 5.16 Å². The Bertz CT molecular complexity index is 976. The molecule has 0 spiro atoms. The molecule has 1 aliphatic heterocycles. The molecular formula is C20H26N6O3. The number of amides is 2. The zero-order chi connectivity index (χ0) is 20.2. The number of anilines is 1. The summed E-state index contributed by atoms with van der Waals surface area (Å²) in [4.78, 5) is 18.8. The molecule has 1 aliphatic rings. The average molecular weight is 398 g/mol. The highest BCUT2D eigenvalue weighted by molar-refractivity contribution is 5.93. The smallest absolute Gasteiger partial charge is 0.319 e. The molecule has 1 fully saturated rings. The van der Waals surface area contributed by atoms with Crippen LogP contribution in [-0.2, 0) is 11.3 Å². The number of rotatable bonds is 6. The zero-order valence-corrected chi connectivity index (χ0v) is 16.7. The van der Waals surface area contributed by atoms with Crippen molar-refractivity contribution in [3.05, 3.63) is 42.2 Å². The molecule has 2 aromatic heterocycles. The first-order chi connectivity index (χ1) is 14.1. The predicted octanol–water partition coefficient (Wildman–Crippen LogP) is 2.55. The molecule has 2 amide bonds. The molecule has 29 heavy (non-hydrogen) atoms. The van der Waals surface area contributed by atoms with Crippen LogP contribution >= 0.6 is 0 Å². The van der Waals surface area contributed by atoms with E-state index < -0.39 is 0 Å². The van der Waals surface area contributed by atoms with Gasteiger partial charge in [-0.2, -0.15) is 4.98 Å². The summed E-state index contributed by atoms with van der Waals surface area (Å²) >= 11 is 0. The maximum absolute atomic E-state index is 12.3. The number of fused-ring (bicyclic) bond motifs is 1. The van der Waals surface area contributed by atoms with Gasteiger partial charge in [0.15, 0.2) is 5.82 Å². The van der Waals surface area contributed by atoms with E-state index >= 15 is 0 Å².